The van der Waals surface area contributed by atoms with Gasteiger partial charge in [0.1, 0.15) is 28.9 Å². The van der Waals surface area contributed by atoms with Gasteiger partial charge in [0.15, 0.2) is 23.3 Å². The van der Waals surface area contributed by atoms with Gasteiger partial charge in [0, 0.05) is 87.7 Å². The zero-order valence-corrected chi connectivity index (χ0v) is 50.2. The highest BCUT2D eigenvalue weighted by molar-refractivity contribution is 7.84. The van der Waals surface area contributed by atoms with E-state index in [1.165, 1.54) is 20.5 Å². The molecule has 1 unspecified atom stereocenters. The van der Waals surface area contributed by atoms with E-state index in [-0.39, 0.29) is 63.9 Å². The van der Waals surface area contributed by atoms with E-state index < -0.39 is 22.3 Å². The first-order valence-corrected chi connectivity index (χ1v) is 27.0. The summed E-state index contributed by atoms with van der Waals surface area (Å²) in [5.74, 6) is 1.24. The van der Waals surface area contributed by atoms with Crippen molar-refractivity contribution in [2.45, 2.75) is 112 Å². The summed E-state index contributed by atoms with van der Waals surface area (Å²) in [4.78, 5) is 68.8. The number of carbonyl (C=O) groups is 3. The van der Waals surface area contributed by atoms with E-state index >= 15 is 0 Å². The van der Waals surface area contributed by atoms with Crippen LogP contribution in [0.4, 0.5) is 45.4 Å². The molecule has 4 heterocycles. The Morgan fingerprint density at radius 1 is 0.785 bits per heavy atom. The molecule has 2 aliphatic heterocycles. The first kappa shape index (κ1) is 66.4. The number of carbonyl (C=O) groups excluding carboxylic acids is 3. The van der Waals surface area contributed by atoms with Gasteiger partial charge >= 0.3 is 6.09 Å². The van der Waals surface area contributed by atoms with Gasteiger partial charge in [-0.2, -0.15) is 20.5 Å². The summed E-state index contributed by atoms with van der Waals surface area (Å²) in [6.45, 7) is 26.4. The molecule has 2 aliphatic rings. The number of likely N-dealkylation sites (tertiary alicyclic amines) is 1. The summed E-state index contributed by atoms with van der Waals surface area (Å²) in [6.07, 6.45) is 3.08. The number of aryl methyl sites for hydroxylation is 2. The molecule has 6 rings (SSSR count). The van der Waals surface area contributed by atoms with Crippen molar-refractivity contribution in [3.05, 3.63) is 69.8 Å². The Kier molecular flexibility index (Phi) is 24.6. The number of amides is 3. The number of anilines is 7. The highest BCUT2D eigenvalue weighted by atomic mass is 35.5. The van der Waals surface area contributed by atoms with Gasteiger partial charge in [-0.3, -0.25) is 23.5 Å². The molecular weight excluding hydrogens is 1050 g/mol. The van der Waals surface area contributed by atoms with Crippen LogP contribution in [0.5, 0.6) is 0 Å². The molecule has 0 aliphatic carbocycles. The van der Waals surface area contributed by atoms with Crippen LogP contribution in [0.2, 0.25) is 0 Å². The fraction of sp³-hybridized carbons (Fsp3) is 0.537. The topological polar surface area (TPSA) is 303 Å². The van der Waals surface area contributed by atoms with Gasteiger partial charge < -0.3 is 46.4 Å². The van der Waals surface area contributed by atoms with Crippen molar-refractivity contribution in [3.63, 3.8) is 0 Å². The number of benzene rings is 2. The predicted octanol–water partition coefficient (Wildman–Crippen LogP) is 7.24. The van der Waals surface area contributed by atoms with Crippen LogP contribution in [0, 0.1) is 47.3 Å². The third kappa shape index (κ3) is 20.7. The number of hydroxylamine groups is 2. The van der Waals surface area contributed by atoms with E-state index in [0.717, 1.165) is 43.6 Å². The van der Waals surface area contributed by atoms with Crippen LogP contribution in [-0.2, 0) is 25.2 Å². The van der Waals surface area contributed by atoms with Crippen LogP contribution in [0.25, 0.3) is 0 Å². The second-order valence-corrected chi connectivity index (χ2v) is 23.8. The number of hydrogen-bond donors (Lipinski definition) is 7. The zero-order chi connectivity index (χ0) is 58.3. The van der Waals surface area contributed by atoms with Gasteiger partial charge in [0.25, 0.3) is 11.8 Å². The lowest BCUT2D eigenvalue weighted by molar-refractivity contribution is 0.0292. The molecule has 8 N–H and O–H groups in total. The van der Waals surface area contributed by atoms with Gasteiger partial charge in [-0.25, -0.2) is 25.7 Å². The summed E-state index contributed by atoms with van der Waals surface area (Å²) < 4.78 is 17.4. The summed E-state index contributed by atoms with van der Waals surface area (Å²) in [5, 5.41) is 33.2. The van der Waals surface area contributed by atoms with E-state index in [1.54, 1.807) is 35.2 Å². The van der Waals surface area contributed by atoms with E-state index in [9.17, 15) is 29.1 Å². The fourth-order valence-electron chi connectivity index (χ4n) is 8.18. The standard InChI is InChI=1S/C24H34N8O2.C21H28N6O3S.C9H18N2O2.ClH/c1-15-7-8-16(22(33)31-34-6)11-19(15)28-20-18(12-25)21(32(5)14-24(2,3)4)30-23(29-20)27-17-9-10-26-13-17;1-13-8-9-14(19(28)26-30-6)10-16(13)23-17-15(11-22)18(25-20(24-17)31(7)29)27(5)12-21(2,3)4;1-9(2,3)13-8(12)11-5-4-7(10)6-11;/h7-8,11,17,26H,9-10,13-14H2,1-6H3,(H,31,33)(H2,27,28,29,30);8-10H,12H2,1-7H3,(H,26,28)(H,23,24,25);7H,4-6,10H2,1-3H3;1H/t17-;;7-;/m1.1./s1. The third-order valence-corrected chi connectivity index (χ3v) is 12.2. The van der Waals surface area contributed by atoms with Gasteiger partial charge in [0.05, 0.1) is 25.0 Å². The minimum absolute atomic E-state index is 0. The number of aromatic nitrogens is 4. The average Bonchev–Trinajstić information content (AvgIpc) is 4.03. The van der Waals surface area contributed by atoms with Gasteiger partial charge in [-0.05, 0) is 100 Å². The smallest absolute Gasteiger partial charge is 0.410 e. The molecule has 3 atom stereocenters. The van der Waals surface area contributed by atoms with Gasteiger partial charge in [-0.1, -0.05) is 53.7 Å². The molecule has 4 aromatic rings. The minimum atomic E-state index is -1.46. The number of rotatable bonds is 15. The number of nitrogens with one attached hydrogen (secondary N) is 6. The Labute approximate surface area is 474 Å². The maximum Gasteiger partial charge on any atom is 0.410 e. The van der Waals surface area contributed by atoms with E-state index in [1.807, 2.05) is 64.6 Å². The molecule has 23 nitrogen and oxygen atoms in total. The van der Waals surface area contributed by atoms with Crippen molar-refractivity contribution in [1.82, 2.24) is 41.1 Å². The Morgan fingerprint density at radius 2 is 1.27 bits per heavy atom. The van der Waals surface area contributed by atoms with Crippen molar-refractivity contribution in [1.29, 1.82) is 10.5 Å². The summed E-state index contributed by atoms with van der Waals surface area (Å²) >= 11 is 0. The molecule has 0 spiro atoms. The summed E-state index contributed by atoms with van der Waals surface area (Å²) in [5.41, 5.74) is 14.1. The monoisotopic (exact) mass is 1130 g/mol. The van der Waals surface area contributed by atoms with Crippen LogP contribution in [-0.4, -0.2) is 138 Å². The summed E-state index contributed by atoms with van der Waals surface area (Å²) in [6, 6.07) is 15.1. The Hall–Kier alpha value is -6.93. The van der Waals surface area contributed by atoms with Gasteiger partial charge in [-0.15, -0.1) is 12.4 Å². The lowest BCUT2D eigenvalue weighted by Crippen LogP contribution is -2.36. The maximum absolute atomic E-state index is 12.2. The fourth-order valence-corrected chi connectivity index (χ4v) is 8.61. The van der Waals surface area contributed by atoms with Crippen molar-refractivity contribution in [2.75, 3.05) is 99.6 Å². The van der Waals surface area contributed by atoms with Crippen molar-refractivity contribution < 1.29 is 33.0 Å². The number of nitrogens with two attached hydrogens (primary N) is 1. The normalized spacial score (nSPS) is 15.3. The number of ether oxygens (including phenoxy) is 1. The molecule has 0 saturated carbocycles. The van der Waals surface area contributed by atoms with Crippen LogP contribution < -0.4 is 47.8 Å². The molecule has 432 valence electrons. The SMILES string of the molecule is CC(C)(C)OC(=O)N1CC[C@@H](N)C1.CONC(=O)c1ccc(C)c(Nc2nc(N[C@@H]3CCNC3)nc(N(C)CC(C)(C)C)c2C#N)c1.CONC(=O)c1ccc(C)c(Nc2nc(S(C)=O)nc(N(C)CC(C)(C)C)c2C#N)c1.Cl. The molecular formula is C54H81ClN16O7S. The number of halogens is 1. The third-order valence-electron chi connectivity index (χ3n) is 11.6. The molecule has 25 heteroatoms. The van der Waals surface area contributed by atoms with Gasteiger partial charge in [0.2, 0.25) is 11.1 Å². The Balaban J connectivity index is 0.000000337. The lowest BCUT2D eigenvalue weighted by atomic mass is 9.96. The molecule has 0 bridgehead atoms. The van der Waals surface area contributed by atoms with Crippen LogP contribution in [0.3, 0.4) is 0 Å². The average molecular weight is 1130 g/mol. The Bertz CT molecular complexity index is 2850. The summed E-state index contributed by atoms with van der Waals surface area (Å²) in [7, 11) is 5.05. The van der Waals surface area contributed by atoms with Crippen LogP contribution in [0.15, 0.2) is 41.6 Å². The quantitative estimate of drug-likeness (QED) is 0.0456. The number of hydrogen-bond acceptors (Lipinski definition) is 20. The Morgan fingerprint density at radius 3 is 1.66 bits per heavy atom. The molecule has 0 radical (unpaired) electrons. The first-order chi connectivity index (χ1) is 36.5. The predicted molar refractivity (Wildman–Crippen MR) is 312 cm³/mol. The molecule has 79 heavy (non-hydrogen) atoms. The second-order valence-electron chi connectivity index (χ2n) is 22.5. The molecule has 2 fully saturated rings. The highest BCUT2D eigenvalue weighted by Crippen LogP contribution is 2.33. The second kappa shape index (κ2) is 29.3. The maximum atomic E-state index is 12.2. The zero-order valence-electron chi connectivity index (χ0n) is 48.6. The van der Waals surface area contributed by atoms with Crippen molar-refractivity contribution in [2.24, 2.45) is 16.6 Å². The molecule has 2 aromatic heterocycles. The molecule has 2 saturated heterocycles. The van der Waals surface area contributed by atoms with Crippen molar-refractivity contribution >= 4 is 81.7 Å². The highest BCUT2D eigenvalue weighted by Gasteiger charge is 2.29. The molecule has 2 aromatic carbocycles. The number of nitrogens with zero attached hydrogens (tertiary/aromatic N) is 9. The van der Waals surface area contributed by atoms with Crippen LogP contribution in [0.1, 0.15) is 118 Å². The minimum Gasteiger partial charge on any atom is -0.444 e. The van der Waals surface area contributed by atoms with E-state index in [0.29, 0.717) is 71.1 Å². The van der Waals surface area contributed by atoms with Crippen molar-refractivity contribution in [3.8, 4) is 12.1 Å². The van der Waals surface area contributed by atoms with E-state index in [2.05, 4.69) is 106 Å². The van der Waals surface area contributed by atoms with E-state index in [4.69, 9.17) is 20.3 Å². The van der Waals surface area contributed by atoms with Crippen LogP contribution >= 0.6 is 12.4 Å². The molecule has 3 amide bonds. The largest absolute Gasteiger partial charge is 0.444 e. The lowest BCUT2D eigenvalue weighted by Gasteiger charge is -2.29. The first-order valence-electron chi connectivity index (χ1n) is 25.5. The number of nitriles is 2.